The lowest BCUT2D eigenvalue weighted by atomic mass is 9.90. The molecule has 2 aromatic carbocycles. The van der Waals surface area contributed by atoms with Crippen LogP contribution < -0.4 is 41.6 Å². The van der Waals surface area contributed by atoms with Crippen molar-refractivity contribution in [1.82, 2.24) is 19.8 Å². The molecule has 71 heavy (non-hydrogen) atoms. The summed E-state index contributed by atoms with van der Waals surface area (Å²) in [6, 6.07) is -0.124. The van der Waals surface area contributed by atoms with Gasteiger partial charge < -0.3 is 54.4 Å². The second-order valence-corrected chi connectivity index (χ2v) is 19.0. The Morgan fingerprint density at radius 3 is 1.83 bits per heavy atom. The Hall–Kier alpha value is -6.18. The highest BCUT2D eigenvalue weighted by Crippen LogP contribution is 2.47. The third-order valence-corrected chi connectivity index (χ3v) is 12.8. The maximum Gasteiger partial charge on any atom is 0.798 e. The summed E-state index contributed by atoms with van der Waals surface area (Å²) in [5.74, 6) is -7.72. The average Bonchev–Trinajstić information content (AvgIpc) is 4.14. The second-order valence-electron chi connectivity index (χ2n) is 19.0. The largest absolute Gasteiger partial charge is 0.798 e. The molecule has 8 atom stereocenters. The van der Waals surface area contributed by atoms with Crippen LogP contribution in [0.25, 0.3) is 21.8 Å². The zero-order chi connectivity index (χ0) is 52.8. The first kappa shape index (κ1) is 54.2. The van der Waals surface area contributed by atoms with Gasteiger partial charge in [-0.2, -0.15) is 4.39 Å². The molecule has 4 fully saturated rings. The van der Waals surface area contributed by atoms with E-state index in [1.807, 2.05) is 6.92 Å². The van der Waals surface area contributed by atoms with Gasteiger partial charge in [0.05, 0.1) is 59.2 Å². The molecular formula is C45H52BF9N6O10. The molecule has 388 valence electrons. The predicted molar refractivity (Wildman–Crippen MR) is 241 cm³/mol. The lowest BCUT2D eigenvalue weighted by molar-refractivity contribution is 0.0417. The smallest absolute Gasteiger partial charge is 0.492 e. The van der Waals surface area contributed by atoms with Gasteiger partial charge in [0.25, 0.3) is 0 Å². The fourth-order valence-corrected chi connectivity index (χ4v) is 8.59. The van der Waals surface area contributed by atoms with Crippen LogP contribution in [0.1, 0.15) is 80.3 Å². The minimum atomic E-state index is -3.48. The number of rotatable bonds is 11. The number of carbonyl (C=O) groups is 3. The summed E-state index contributed by atoms with van der Waals surface area (Å²) in [5.41, 5.74) is -0.0772. The summed E-state index contributed by atoms with van der Waals surface area (Å²) >= 11 is 0. The van der Waals surface area contributed by atoms with Gasteiger partial charge in [-0.05, 0) is 44.7 Å². The standard InChI is InChI=1S/C20H22F3N3O4.C14H9BF5NO4.C11H21FN2O2/c1-9-5-25(8-20(9,24)7-21)16-13(23)3-10-15(18(16)30-2)26(14-4-12(14)22)6-11(17(10)27)19(28)29;1-24-13-10(18)8(17)2-5-11(13)21(9-3-7(9)16)4-6(12(5)22)14(23)25-15(19)20;1-8-5-13-7-11(8,6-12)14-9(15)16-10(2,3)4/h3,6,9,12,14H,4-5,7-8,24H2,1-2H3,(H,28,29);2,4,7,9H,3H2,1H3;8,13H,5-7H2,1-4H3,(H,14,15)/t9?,12-,14+,20+;7-,9+;8?,11-/m000/s1. The number of aromatic carboxylic acids is 1. The third-order valence-electron chi connectivity index (χ3n) is 12.8. The number of carboxylic acids is 1. The molecule has 4 heterocycles. The summed E-state index contributed by atoms with van der Waals surface area (Å²) in [6.45, 7) is 9.09. The molecule has 0 radical (unpaired) electrons. The number of carbonyl (C=O) groups excluding carboxylic acids is 2. The quantitative estimate of drug-likeness (QED) is 0.0955. The Balaban J connectivity index is 0.000000183. The van der Waals surface area contributed by atoms with E-state index in [0.29, 0.717) is 19.2 Å². The Kier molecular flexibility index (Phi) is 15.6. The molecule has 0 spiro atoms. The Bertz CT molecular complexity index is 2850. The summed E-state index contributed by atoms with van der Waals surface area (Å²) < 4.78 is 143. The molecule has 2 aliphatic heterocycles. The third kappa shape index (κ3) is 10.9. The number of nitrogens with one attached hydrogen (secondary N) is 2. The van der Waals surface area contributed by atoms with Crippen molar-refractivity contribution in [2.45, 2.75) is 88.6 Å². The number of benzene rings is 2. The van der Waals surface area contributed by atoms with Crippen molar-refractivity contribution in [2.75, 3.05) is 58.6 Å². The van der Waals surface area contributed by atoms with Gasteiger partial charge >= 0.3 is 25.5 Å². The number of pyridine rings is 2. The number of nitrogens with zero attached hydrogens (tertiary/aromatic N) is 3. The van der Waals surface area contributed by atoms with Crippen LogP contribution in [0, 0.1) is 29.3 Å². The monoisotopic (exact) mass is 1020 g/mol. The maximum absolute atomic E-state index is 15.2. The number of methoxy groups -OCH3 is 2. The van der Waals surface area contributed by atoms with E-state index in [2.05, 4.69) is 15.3 Å². The fourth-order valence-electron chi connectivity index (χ4n) is 8.59. The van der Waals surface area contributed by atoms with Gasteiger partial charge in [0.1, 0.15) is 48.1 Å². The summed E-state index contributed by atoms with van der Waals surface area (Å²) in [4.78, 5) is 61.4. The number of anilines is 1. The number of aromatic nitrogens is 2. The summed E-state index contributed by atoms with van der Waals surface area (Å²) in [6.07, 6.45) is -1.14. The van der Waals surface area contributed by atoms with Gasteiger partial charge in [0, 0.05) is 51.4 Å². The molecule has 5 N–H and O–H groups in total. The lowest BCUT2D eigenvalue weighted by Gasteiger charge is -2.32. The lowest BCUT2D eigenvalue weighted by Crippen LogP contribution is -2.56. The molecule has 4 aliphatic rings. The number of amides is 1. The number of alkyl carbamates (subject to hydrolysis) is 1. The molecule has 2 unspecified atom stereocenters. The molecule has 8 rings (SSSR count). The van der Waals surface area contributed by atoms with Crippen molar-refractivity contribution in [3.63, 3.8) is 0 Å². The minimum Gasteiger partial charge on any atom is -0.492 e. The number of fused-ring (bicyclic) bond motifs is 2. The van der Waals surface area contributed by atoms with Crippen LogP contribution in [0.5, 0.6) is 11.5 Å². The van der Waals surface area contributed by atoms with Crippen LogP contribution >= 0.6 is 0 Å². The van der Waals surface area contributed by atoms with Crippen molar-refractivity contribution in [3.8, 4) is 11.5 Å². The number of hydrogen-bond acceptors (Lipinski definition) is 12. The normalized spacial score (nSPS) is 25.4. The molecule has 1 amide bonds. The van der Waals surface area contributed by atoms with E-state index in [1.54, 1.807) is 32.6 Å². The van der Waals surface area contributed by atoms with Crippen LogP contribution in [-0.4, -0.2) is 123 Å². The molecule has 2 aliphatic carbocycles. The van der Waals surface area contributed by atoms with Gasteiger partial charge in [0.15, 0.2) is 23.1 Å². The van der Waals surface area contributed by atoms with Crippen molar-refractivity contribution >= 4 is 53.0 Å². The van der Waals surface area contributed by atoms with E-state index >= 15 is 4.39 Å². The van der Waals surface area contributed by atoms with Crippen molar-refractivity contribution in [3.05, 3.63) is 73.6 Å². The number of hydrogen-bond donors (Lipinski definition) is 4. The molecule has 2 saturated carbocycles. The molecule has 16 nitrogen and oxygen atoms in total. The van der Waals surface area contributed by atoms with Gasteiger partial charge in [0.2, 0.25) is 16.7 Å². The fraction of sp³-hybridized carbons (Fsp3) is 0.533. The summed E-state index contributed by atoms with van der Waals surface area (Å²) in [5, 5.41) is 14.4. The molecule has 2 aromatic heterocycles. The first-order valence-corrected chi connectivity index (χ1v) is 22.1. The number of carboxylic acid groups (broad SMARTS) is 1. The van der Waals surface area contributed by atoms with E-state index < -0.39 is 131 Å². The van der Waals surface area contributed by atoms with Crippen molar-refractivity contribution < 1.29 is 77.7 Å². The molecule has 26 heteroatoms. The molecule has 0 bridgehead atoms. The number of ether oxygens (including phenoxy) is 3. The number of halogens is 9. The highest BCUT2D eigenvalue weighted by atomic mass is 19.2. The average molecular weight is 1020 g/mol. The van der Waals surface area contributed by atoms with Crippen molar-refractivity contribution in [1.29, 1.82) is 0 Å². The van der Waals surface area contributed by atoms with Crippen LogP contribution in [0.3, 0.4) is 0 Å². The van der Waals surface area contributed by atoms with E-state index in [-0.39, 0.29) is 65.6 Å². The SMILES string of the molecule is CC1CNC[C@]1(CF)NC(=O)OC(C)(C)C.COc1c(F)c(F)cc2c(=O)c(C(=O)OB(F)F)cn([C@@H]3C[C@@H]3F)c12.COc1c(N2CC(C)[C@@](N)(CF)C2)c(F)cc2c(=O)c(C(=O)O)cn([C@@H]3C[C@@H]3F)c12. The van der Waals surface area contributed by atoms with Crippen LogP contribution in [-0.2, 0) is 9.39 Å². The maximum atomic E-state index is 15.2. The zero-order valence-corrected chi connectivity index (χ0v) is 39.4. The highest BCUT2D eigenvalue weighted by molar-refractivity contribution is 6.38. The van der Waals surface area contributed by atoms with E-state index in [4.69, 9.17) is 19.9 Å². The molecular weight excluding hydrogens is 966 g/mol. The van der Waals surface area contributed by atoms with Crippen molar-refractivity contribution in [2.24, 2.45) is 17.6 Å². The first-order chi connectivity index (χ1) is 33.2. The Morgan fingerprint density at radius 2 is 1.39 bits per heavy atom. The molecule has 2 saturated heterocycles. The van der Waals surface area contributed by atoms with Crippen LogP contribution in [0.4, 0.5) is 49.8 Å². The van der Waals surface area contributed by atoms with Crippen LogP contribution in [0.2, 0.25) is 0 Å². The first-order valence-electron chi connectivity index (χ1n) is 22.1. The van der Waals surface area contributed by atoms with Crippen LogP contribution in [0.15, 0.2) is 34.1 Å². The predicted octanol–water partition coefficient (Wildman–Crippen LogP) is 6.36. The number of alkyl halides is 4. The Morgan fingerprint density at radius 1 is 0.873 bits per heavy atom. The Labute approximate surface area is 399 Å². The van der Waals surface area contributed by atoms with E-state index in [1.165, 1.54) is 11.7 Å². The highest BCUT2D eigenvalue weighted by Gasteiger charge is 2.46. The molecule has 4 aromatic rings. The van der Waals surface area contributed by atoms with Gasteiger partial charge in [-0.25, -0.2) is 49.4 Å². The zero-order valence-electron chi connectivity index (χ0n) is 39.4. The van der Waals surface area contributed by atoms with E-state index in [0.717, 1.165) is 30.1 Å². The van der Waals surface area contributed by atoms with E-state index in [9.17, 15) is 64.1 Å². The minimum absolute atomic E-state index is 0.00934. The topological polar surface area (TPSA) is 206 Å². The van der Waals surface area contributed by atoms with Gasteiger partial charge in [-0.15, -0.1) is 0 Å². The van der Waals surface area contributed by atoms with Gasteiger partial charge in [-0.3, -0.25) is 9.59 Å². The van der Waals surface area contributed by atoms with Gasteiger partial charge in [-0.1, -0.05) is 13.8 Å². The number of nitrogens with two attached hydrogens (primary N) is 1. The second kappa shape index (κ2) is 20.5. The summed E-state index contributed by atoms with van der Waals surface area (Å²) in [7, 11) is -1.18.